The number of hydrazine groups is 1. The zero-order valence-corrected chi connectivity index (χ0v) is 19.2. The van der Waals surface area contributed by atoms with Crippen LogP contribution < -0.4 is 15.8 Å². The van der Waals surface area contributed by atoms with Crippen molar-refractivity contribution < 1.29 is 24.3 Å². The molecular weight excluding hydrogens is 433 g/mol. The number of carbonyl (C=O) groups is 2. The Morgan fingerprint density at radius 2 is 2.06 bits per heavy atom. The lowest BCUT2D eigenvalue weighted by Crippen LogP contribution is -2.54. The number of nitrogens with one attached hydrogen (secondary N) is 2. The van der Waals surface area contributed by atoms with E-state index < -0.39 is 17.6 Å². The molecule has 4 N–H and O–H groups in total. The Hall–Kier alpha value is -2.57. The largest absolute Gasteiger partial charge is 0.394 e. The van der Waals surface area contributed by atoms with Gasteiger partial charge in [0.2, 0.25) is 18.1 Å². The Morgan fingerprint density at radius 1 is 1.33 bits per heavy atom. The highest BCUT2D eigenvalue weighted by atomic mass is 19.1. The zero-order chi connectivity index (χ0) is 24.0. The number of likely N-dealkylation sites (N-methyl/N-ethyl adjacent to an activating group) is 1. The molecule has 1 aromatic heterocycles. The first-order valence-corrected chi connectivity index (χ1v) is 11.4. The number of nitrogens with zero attached hydrogens (tertiary/aromatic N) is 5. The summed E-state index contributed by atoms with van der Waals surface area (Å²) in [6.45, 7) is 3.07. The number of halogens is 1. The molecule has 33 heavy (non-hydrogen) atoms. The van der Waals surface area contributed by atoms with E-state index in [9.17, 15) is 19.9 Å². The van der Waals surface area contributed by atoms with Crippen LogP contribution in [0.4, 0.5) is 16.0 Å². The van der Waals surface area contributed by atoms with Crippen LogP contribution in [0.1, 0.15) is 37.9 Å². The van der Waals surface area contributed by atoms with Crippen molar-refractivity contribution in [2.75, 3.05) is 50.2 Å². The maximum absolute atomic E-state index is 15.3. The number of aliphatic hydroxyl groups is 1. The minimum absolute atomic E-state index is 0.0661. The van der Waals surface area contributed by atoms with Crippen LogP contribution in [0.25, 0.3) is 0 Å². The average molecular weight is 468 g/mol. The second-order valence-electron chi connectivity index (χ2n) is 8.97. The van der Waals surface area contributed by atoms with Crippen LogP contribution in [0.5, 0.6) is 0 Å². The van der Waals surface area contributed by atoms with E-state index in [4.69, 9.17) is 0 Å². The quantitative estimate of drug-likeness (QED) is 0.221. The highest BCUT2D eigenvalue weighted by Crippen LogP contribution is 2.31. The van der Waals surface area contributed by atoms with Crippen LogP contribution in [0.2, 0.25) is 0 Å². The minimum Gasteiger partial charge on any atom is -0.394 e. The summed E-state index contributed by atoms with van der Waals surface area (Å²) in [6, 6.07) is -0.315. The van der Waals surface area contributed by atoms with Crippen LogP contribution in [-0.4, -0.2) is 88.4 Å². The van der Waals surface area contributed by atoms with Gasteiger partial charge >= 0.3 is 0 Å². The van der Waals surface area contributed by atoms with Crippen LogP contribution in [-0.2, 0) is 9.59 Å². The fraction of sp³-hybridized carbons (Fsp3) is 0.714. The zero-order valence-electron chi connectivity index (χ0n) is 19.2. The Bertz CT molecular complexity index is 824. The summed E-state index contributed by atoms with van der Waals surface area (Å²) in [5.41, 5.74) is 5.04. The van der Waals surface area contributed by atoms with Crippen molar-refractivity contribution in [2.24, 2.45) is 11.8 Å². The van der Waals surface area contributed by atoms with E-state index in [0.29, 0.717) is 42.9 Å². The van der Waals surface area contributed by atoms with Gasteiger partial charge in [-0.2, -0.15) is 4.39 Å². The number of hydrogen-bond acceptors (Lipinski definition) is 9. The Kier molecular flexibility index (Phi) is 8.75. The molecule has 1 aliphatic heterocycles. The van der Waals surface area contributed by atoms with E-state index in [2.05, 4.69) is 25.7 Å². The van der Waals surface area contributed by atoms with Crippen LogP contribution in [0, 0.1) is 24.6 Å². The van der Waals surface area contributed by atoms with Crippen molar-refractivity contribution in [3.8, 4) is 0 Å². The maximum atomic E-state index is 15.3. The highest BCUT2D eigenvalue weighted by Gasteiger charge is 2.30. The minimum atomic E-state index is -0.729. The lowest BCUT2D eigenvalue weighted by atomic mass is 9.92. The van der Waals surface area contributed by atoms with Crippen molar-refractivity contribution in [3.05, 3.63) is 11.6 Å². The molecular formula is C21H34FN7O4. The number of hydroxylamine groups is 2. The highest BCUT2D eigenvalue weighted by molar-refractivity contribution is 5.80. The topological polar surface area (TPSA) is 134 Å². The molecule has 2 heterocycles. The number of hydrogen-bond donors (Lipinski definition) is 4. The smallest absolute Gasteiger partial charge is 0.243 e. The molecule has 0 spiro atoms. The van der Waals surface area contributed by atoms with Crippen molar-refractivity contribution in [1.29, 1.82) is 0 Å². The second-order valence-corrected chi connectivity index (χ2v) is 8.97. The Balaban J connectivity index is 1.72. The molecule has 12 heteroatoms. The fourth-order valence-electron chi connectivity index (χ4n) is 4.67. The number of rotatable bonds is 10. The normalized spacial score (nSPS) is 20.5. The molecule has 2 fully saturated rings. The predicted octanol–water partition coefficient (Wildman–Crippen LogP) is 0.524. The number of anilines is 2. The van der Waals surface area contributed by atoms with Crippen molar-refractivity contribution in [2.45, 2.75) is 45.1 Å². The van der Waals surface area contributed by atoms with E-state index in [-0.39, 0.29) is 37.2 Å². The summed E-state index contributed by atoms with van der Waals surface area (Å²) in [5.74, 6) is -1.31. The van der Waals surface area contributed by atoms with Gasteiger partial charge in [0.1, 0.15) is 5.82 Å². The first kappa shape index (κ1) is 25.1. The van der Waals surface area contributed by atoms with Crippen molar-refractivity contribution >= 4 is 24.0 Å². The summed E-state index contributed by atoms with van der Waals surface area (Å²) >= 11 is 0. The van der Waals surface area contributed by atoms with Gasteiger partial charge in [0, 0.05) is 19.6 Å². The van der Waals surface area contributed by atoms with Crippen LogP contribution in [0.15, 0.2) is 0 Å². The summed E-state index contributed by atoms with van der Waals surface area (Å²) in [5, 5.41) is 19.8. The lowest BCUT2D eigenvalue weighted by molar-refractivity contribution is -0.154. The summed E-state index contributed by atoms with van der Waals surface area (Å²) in [6.07, 6.45) is 4.99. The van der Waals surface area contributed by atoms with E-state index in [1.165, 1.54) is 0 Å². The molecule has 1 aromatic rings. The molecule has 2 aliphatic rings. The molecule has 2 atom stereocenters. The maximum Gasteiger partial charge on any atom is 0.243 e. The van der Waals surface area contributed by atoms with E-state index in [1.807, 2.05) is 7.05 Å². The molecule has 3 rings (SSSR count). The second kappa shape index (κ2) is 11.5. The van der Waals surface area contributed by atoms with E-state index >= 15 is 4.39 Å². The number of carbonyl (C=O) groups excluding carboxylic acids is 2. The lowest BCUT2D eigenvalue weighted by Gasteiger charge is -2.40. The molecule has 0 bridgehead atoms. The van der Waals surface area contributed by atoms with Gasteiger partial charge in [-0.3, -0.25) is 25.6 Å². The number of aryl methyl sites for hydroxylation is 1. The van der Waals surface area contributed by atoms with Gasteiger partial charge in [0.15, 0.2) is 11.6 Å². The monoisotopic (exact) mass is 467 g/mol. The number of amides is 2. The van der Waals surface area contributed by atoms with Gasteiger partial charge in [-0.25, -0.2) is 15.0 Å². The van der Waals surface area contributed by atoms with Gasteiger partial charge in [-0.15, -0.1) is 0 Å². The number of aliphatic hydroxyl groups excluding tert-OH is 1. The standard InChI is InChI=1S/C21H34FN7O4/c1-14-23-19(18(22)20(24-14)29-8-7-27(2)11-17(29)12-30)25-26-21(32)16(10-28(33)13-31)9-15-5-3-4-6-15/h13,15-17,30,33H,3-12H2,1-2H3,(H,26,32)(H,23,24,25)/t16-,17+/m0/s1. The first-order chi connectivity index (χ1) is 15.8. The number of piperazine rings is 1. The average Bonchev–Trinajstić information content (AvgIpc) is 3.31. The first-order valence-electron chi connectivity index (χ1n) is 11.4. The Morgan fingerprint density at radius 3 is 2.73 bits per heavy atom. The Labute approximate surface area is 192 Å². The SMILES string of the molecule is Cc1nc(NNC(=O)[C@@H](CC2CCCC2)CN(O)C=O)c(F)c(N2CCN(C)C[C@@H]2CO)n1. The van der Waals surface area contributed by atoms with Gasteiger partial charge in [0.05, 0.1) is 25.1 Å². The summed E-state index contributed by atoms with van der Waals surface area (Å²) < 4.78 is 15.3. The van der Waals surface area contributed by atoms with E-state index in [0.717, 1.165) is 25.7 Å². The van der Waals surface area contributed by atoms with E-state index in [1.54, 1.807) is 11.8 Å². The molecule has 0 unspecified atom stereocenters. The molecule has 11 nitrogen and oxygen atoms in total. The summed E-state index contributed by atoms with van der Waals surface area (Å²) in [4.78, 5) is 35.8. The van der Waals surface area contributed by atoms with Gasteiger partial charge in [0.25, 0.3) is 0 Å². The van der Waals surface area contributed by atoms with Crippen molar-refractivity contribution in [1.82, 2.24) is 25.4 Å². The van der Waals surface area contributed by atoms with Gasteiger partial charge in [-0.05, 0) is 26.3 Å². The molecule has 1 saturated carbocycles. The predicted molar refractivity (Wildman–Crippen MR) is 119 cm³/mol. The van der Waals surface area contributed by atoms with Gasteiger partial charge in [-0.1, -0.05) is 25.7 Å². The third-order valence-electron chi connectivity index (χ3n) is 6.41. The van der Waals surface area contributed by atoms with Crippen LogP contribution >= 0.6 is 0 Å². The number of aromatic nitrogens is 2. The third-order valence-corrected chi connectivity index (χ3v) is 6.41. The summed E-state index contributed by atoms with van der Waals surface area (Å²) in [7, 11) is 1.93. The third kappa shape index (κ3) is 6.49. The molecule has 0 radical (unpaired) electrons. The molecule has 0 aromatic carbocycles. The van der Waals surface area contributed by atoms with Crippen LogP contribution in [0.3, 0.4) is 0 Å². The molecule has 2 amide bonds. The fourth-order valence-corrected chi connectivity index (χ4v) is 4.67. The molecule has 184 valence electrons. The molecule has 1 saturated heterocycles. The van der Waals surface area contributed by atoms with Gasteiger partial charge < -0.3 is 14.9 Å². The van der Waals surface area contributed by atoms with Crippen molar-refractivity contribution in [3.63, 3.8) is 0 Å². The molecule has 1 aliphatic carbocycles.